The van der Waals surface area contributed by atoms with Gasteiger partial charge in [-0.15, -0.1) is 0 Å². The first kappa shape index (κ1) is 16.6. The molecule has 0 radical (unpaired) electrons. The molecule has 1 unspecified atom stereocenters. The van der Waals surface area contributed by atoms with Gasteiger partial charge in [0.1, 0.15) is 6.10 Å². The van der Waals surface area contributed by atoms with E-state index in [2.05, 4.69) is 15.0 Å². The second-order valence-electron chi connectivity index (χ2n) is 6.88. The van der Waals surface area contributed by atoms with Crippen molar-refractivity contribution in [3.8, 4) is 5.88 Å². The van der Waals surface area contributed by atoms with Crippen molar-refractivity contribution in [1.29, 1.82) is 0 Å². The number of amides is 1. The number of carbonyl (C=O) groups is 1. The lowest BCUT2D eigenvalue weighted by Gasteiger charge is -2.17. The van der Waals surface area contributed by atoms with E-state index in [4.69, 9.17) is 4.74 Å². The van der Waals surface area contributed by atoms with Crippen LogP contribution in [0, 0.1) is 0 Å². The molecule has 1 saturated heterocycles. The van der Waals surface area contributed by atoms with Crippen LogP contribution in [0.1, 0.15) is 16.8 Å². The number of pyridine rings is 1. The van der Waals surface area contributed by atoms with Gasteiger partial charge in [0.05, 0.1) is 23.1 Å². The van der Waals surface area contributed by atoms with E-state index in [9.17, 15) is 4.79 Å². The summed E-state index contributed by atoms with van der Waals surface area (Å²) in [7, 11) is 0. The van der Waals surface area contributed by atoms with Crippen LogP contribution in [-0.4, -0.2) is 45.0 Å². The Kier molecular flexibility index (Phi) is 4.09. The lowest BCUT2D eigenvalue weighted by molar-refractivity contribution is 0.0771. The first-order valence-corrected chi connectivity index (χ1v) is 9.29. The molecule has 0 N–H and O–H groups in total. The summed E-state index contributed by atoms with van der Waals surface area (Å²) in [6.07, 6.45) is 4.01. The predicted molar refractivity (Wildman–Crippen MR) is 106 cm³/mol. The lowest BCUT2D eigenvalue weighted by atomic mass is 10.1. The van der Waals surface area contributed by atoms with Crippen LogP contribution in [0.2, 0.25) is 0 Å². The fourth-order valence-corrected chi connectivity index (χ4v) is 3.57. The summed E-state index contributed by atoms with van der Waals surface area (Å²) >= 11 is 0. The van der Waals surface area contributed by atoms with Crippen molar-refractivity contribution in [3.05, 3.63) is 72.6 Å². The van der Waals surface area contributed by atoms with Crippen LogP contribution in [0.5, 0.6) is 5.88 Å². The Morgan fingerprint density at radius 3 is 2.75 bits per heavy atom. The molecule has 28 heavy (non-hydrogen) atoms. The maximum Gasteiger partial charge on any atom is 0.254 e. The molecule has 1 aliphatic heterocycles. The first-order chi connectivity index (χ1) is 13.8. The second kappa shape index (κ2) is 6.88. The molecule has 1 aliphatic rings. The highest BCUT2D eigenvalue weighted by Crippen LogP contribution is 2.22. The van der Waals surface area contributed by atoms with Crippen molar-refractivity contribution >= 4 is 27.8 Å². The van der Waals surface area contributed by atoms with E-state index in [0.29, 0.717) is 24.5 Å². The van der Waals surface area contributed by atoms with Crippen LogP contribution in [0.4, 0.5) is 0 Å². The van der Waals surface area contributed by atoms with Crippen molar-refractivity contribution in [2.24, 2.45) is 0 Å². The van der Waals surface area contributed by atoms with Gasteiger partial charge in [-0.05, 0) is 30.3 Å². The van der Waals surface area contributed by atoms with E-state index >= 15 is 0 Å². The average Bonchev–Trinajstić information content (AvgIpc) is 3.21. The molecule has 0 spiro atoms. The molecule has 1 atom stereocenters. The molecular formula is C22H18N4O2. The summed E-state index contributed by atoms with van der Waals surface area (Å²) in [6, 6.07) is 17.3. The molecule has 1 amide bonds. The van der Waals surface area contributed by atoms with E-state index < -0.39 is 0 Å². The molecule has 6 heteroatoms. The largest absolute Gasteiger partial charge is 0.472 e. The van der Waals surface area contributed by atoms with Gasteiger partial charge < -0.3 is 9.64 Å². The number of aromatic nitrogens is 3. The standard InChI is InChI=1S/C22H18N4O2/c27-22(16-5-7-19-20(13-16)24-11-10-23-19)26-12-9-17(14-26)28-21-8-6-15-3-1-2-4-18(15)25-21/h1-8,10-11,13,17H,9,12,14H2. The Bertz CT molecular complexity index is 1180. The van der Waals surface area contributed by atoms with Crippen LogP contribution < -0.4 is 4.74 Å². The van der Waals surface area contributed by atoms with Gasteiger partial charge in [0.2, 0.25) is 5.88 Å². The molecule has 0 bridgehead atoms. The smallest absolute Gasteiger partial charge is 0.254 e. The van der Waals surface area contributed by atoms with Gasteiger partial charge in [-0.25, -0.2) is 4.98 Å². The number of rotatable bonds is 3. The second-order valence-corrected chi connectivity index (χ2v) is 6.88. The number of nitrogens with zero attached hydrogens (tertiary/aromatic N) is 4. The number of hydrogen-bond acceptors (Lipinski definition) is 5. The minimum Gasteiger partial charge on any atom is -0.472 e. The average molecular weight is 370 g/mol. The molecule has 3 heterocycles. The molecule has 1 fully saturated rings. The summed E-state index contributed by atoms with van der Waals surface area (Å²) in [5.41, 5.74) is 3.03. The number of hydrogen-bond donors (Lipinski definition) is 0. The SMILES string of the molecule is O=C(c1ccc2nccnc2c1)N1CCC(Oc2ccc3ccccc3n2)C1. The lowest BCUT2D eigenvalue weighted by Crippen LogP contribution is -2.31. The van der Waals surface area contributed by atoms with Gasteiger partial charge in [0.25, 0.3) is 5.91 Å². The van der Waals surface area contributed by atoms with Crippen LogP contribution in [0.3, 0.4) is 0 Å². The Morgan fingerprint density at radius 1 is 0.964 bits per heavy atom. The van der Waals surface area contributed by atoms with E-state index in [1.54, 1.807) is 24.5 Å². The van der Waals surface area contributed by atoms with Gasteiger partial charge in [-0.3, -0.25) is 14.8 Å². The number of benzene rings is 2. The van der Waals surface area contributed by atoms with Crippen molar-refractivity contribution in [3.63, 3.8) is 0 Å². The monoisotopic (exact) mass is 370 g/mol. The molecule has 2 aromatic heterocycles. The molecule has 6 nitrogen and oxygen atoms in total. The van der Waals surface area contributed by atoms with Crippen molar-refractivity contribution in [1.82, 2.24) is 19.9 Å². The summed E-state index contributed by atoms with van der Waals surface area (Å²) in [6.45, 7) is 1.21. The van der Waals surface area contributed by atoms with Crippen molar-refractivity contribution < 1.29 is 9.53 Å². The van der Waals surface area contributed by atoms with Crippen LogP contribution in [0.25, 0.3) is 21.9 Å². The normalized spacial score (nSPS) is 16.6. The van der Waals surface area contributed by atoms with Gasteiger partial charge in [0.15, 0.2) is 0 Å². The van der Waals surface area contributed by atoms with Gasteiger partial charge in [0, 0.05) is 42.4 Å². The minimum absolute atomic E-state index is 0.00914. The number of ether oxygens (including phenoxy) is 1. The van der Waals surface area contributed by atoms with Crippen LogP contribution >= 0.6 is 0 Å². The van der Waals surface area contributed by atoms with E-state index in [-0.39, 0.29) is 12.0 Å². The highest BCUT2D eigenvalue weighted by Gasteiger charge is 2.28. The maximum atomic E-state index is 12.9. The Morgan fingerprint density at radius 2 is 1.82 bits per heavy atom. The fraction of sp³-hybridized carbons (Fsp3) is 0.182. The fourth-order valence-electron chi connectivity index (χ4n) is 3.57. The van der Waals surface area contributed by atoms with Crippen molar-refractivity contribution in [2.75, 3.05) is 13.1 Å². The third-order valence-electron chi connectivity index (χ3n) is 5.01. The van der Waals surface area contributed by atoms with Gasteiger partial charge >= 0.3 is 0 Å². The molecule has 138 valence electrons. The topological polar surface area (TPSA) is 68.2 Å². The van der Waals surface area contributed by atoms with Gasteiger partial charge in [-0.1, -0.05) is 18.2 Å². The number of likely N-dealkylation sites (tertiary alicyclic amines) is 1. The predicted octanol–water partition coefficient (Wildman–Crippen LogP) is 3.47. The molecule has 4 aromatic rings. The zero-order chi connectivity index (χ0) is 18.9. The number of fused-ring (bicyclic) bond motifs is 2. The molecule has 5 rings (SSSR count). The highest BCUT2D eigenvalue weighted by atomic mass is 16.5. The Balaban J connectivity index is 1.29. The summed E-state index contributed by atoms with van der Waals surface area (Å²) in [5, 5.41) is 1.08. The van der Waals surface area contributed by atoms with Crippen LogP contribution in [-0.2, 0) is 0 Å². The Hall–Kier alpha value is -3.54. The quantitative estimate of drug-likeness (QED) is 0.552. The van der Waals surface area contributed by atoms with Gasteiger partial charge in [-0.2, -0.15) is 0 Å². The van der Waals surface area contributed by atoms with E-state index in [0.717, 1.165) is 28.4 Å². The highest BCUT2D eigenvalue weighted by molar-refractivity contribution is 5.97. The molecule has 0 aliphatic carbocycles. The van der Waals surface area contributed by atoms with E-state index in [1.807, 2.05) is 47.4 Å². The summed E-state index contributed by atoms with van der Waals surface area (Å²) in [5.74, 6) is 0.587. The number of para-hydroxylation sites is 1. The first-order valence-electron chi connectivity index (χ1n) is 9.29. The molecule has 2 aromatic carbocycles. The zero-order valence-electron chi connectivity index (χ0n) is 15.2. The maximum absolute atomic E-state index is 12.9. The van der Waals surface area contributed by atoms with Crippen molar-refractivity contribution in [2.45, 2.75) is 12.5 Å². The van der Waals surface area contributed by atoms with E-state index in [1.165, 1.54) is 0 Å². The van der Waals surface area contributed by atoms with Crippen LogP contribution in [0.15, 0.2) is 67.0 Å². The summed E-state index contributed by atoms with van der Waals surface area (Å²) < 4.78 is 6.04. The minimum atomic E-state index is -0.0575. The third-order valence-corrected chi connectivity index (χ3v) is 5.01. The molecule has 0 saturated carbocycles. The third kappa shape index (κ3) is 3.13. The summed E-state index contributed by atoms with van der Waals surface area (Å²) in [4.78, 5) is 27.8. The molecular weight excluding hydrogens is 352 g/mol. The zero-order valence-corrected chi connectivity index (χ0v) is 15.2. The Labute approximate surface area is 161 Å². The number of carbonyl (C=O) groups excluding carboxylic acids is 1.